The number of amides is 1. The second-order valence-corrected chi connectivity index (χ2v) is 6.12. The molecule has 1 aromatic heterocycles. The van der Waals surface area contributed by atoms with E-state index in [0.717, 1.165) is 25.9 Å². The van der Waals surface area contributed by atoms with Crippen LogP contribution in [0.4, 0.5) is 5.82 Å². The summed E-state index contributed by atoms with van der Waals surface area (Å²) in [5.41, 5.74) is 1.32. The van der Waals surface area contributed by atoms with Crippen molar-refractivity contribution in [3.05, 3.63) is 47.7 Å². The van der Waals surface area contributed by atoms with E-state index in [2.05, 4.69) is 39.6 Å². The number of ether oxygens (including phenoxy) is 1. The van der Waals surface area contributed by atoms with Gasteiger partial charge in [-0.2, -0.15) is 0 Å². The predicted molar refractivity (Wildman–Crippen MR) is 90.8 cm³/mol. The van der Waals surface area contributed by atoms with Gasteiger partial charge >= 0.3 is 0 Å². The molecule has 1 aliphatic rings. The van der Waals surface area contributed by atoms with Gasteiger partial charge in [-0.25, -0.2) is 0 Å². The zero-order valence-corrected chi connectivity index (χ0v) is 13.9. The maximum atomic E-state index is 12.1. The number of rotatable bonds is 6. The fourth-order valence-corrected chi connectivity index (χ4v) is 2.88. The Morgan fingerprint density at radius 1 is 1.38 bits per heavy atom. The van der Waals surface area contributed by atoms with Crippen molar-refractivity contribution in [2.24, 2.45) is 0 Å². The van der Waals surface area contributed by atoms with Gasteiger partial charge in [0.1, 0.15) is 5.76 Å². The van der Waals surface area contributed by atoms with Crippen molar-refractivity contribution in [3.63, 3.8) is 0 Å². The second-order valence-electron chi connectivity index (χ2n) is 6.12. The highest BCUT2D eigenvalue weighted by Gasteiger charge is 2.22. The van der Waals surface area contributed by atoms with Crippen molar-refractivity contribution >= 4 is 11.7 Å². The average molecular weight is 329 g/mol. The molecule has 0 spiro atoms. The van der Waals surface area contributed by atoms with Crippen LogP contribution in [0.5, 0.6) is 0 Å². The molecule has 2 aromatic rings. The molecule has 0 radical (unpaired) electrons. The molecule has 6 nitrogen and oxygen atoms in total. The Morgan fingerprint density at radius 2 is 2.21 bits per heavy atom. The molecule has 1 aromatic carbocycles. The van der Waals surface area contributed by atoms with Gasteiger partial charge in [0.05, 0.1) is 19.3 Å². The molecule has 1 amide bonds. The number of hydrogen-bond donors (Lipinski definition) is 1. The minimum absolute atomic E-state index is 0.0768. The first-order valence-electron chi connectivity index (χ1n) is 8.30. The van der Waals surface area contributed by atoms with Crippen LogP contribution in [-0.2, 0) is 16.0 Å². The second kappa shape index (κ2) is 8.08. The quantitative estimate of drug-likeness (QED) is 0.880. The number of morpholine rings is 1. The first kappa shape index (κ1) is 16.7. The topological polar surface area (TPSA) is 67.6 Å². The van der Waals surface area contributed by atoms with Gasteiger partial charge in [-0.1, -0.05) is 35.5 Å². The van der Waals surface area contributed by atoms with Gasteiger partial charge in [0.25, 0.3) is 0 Å². The molecule has 2 heterocycles. The predicted octanol–water partition coefficient (Wildman–Crippen LogP) is 2.26. The number of carbonyl (C=O) groups excluding carboxylic acids is 1. The van der Waals surface area contributed by atoms with E-state index in [4.69, 9.17) is 9.26 Å². The van der Waals surface area contributed by atoms with E-state index in [0.29, 0.717) is 24.7 Å². The third kappa shape index (κ3) is 4.91. The molecule has 1 fully saturated rings. The van der Waals surface area contributed by atoms with Gasteiger partial charge in [-0.05, 0) is 25.3 Å². The van der Waals surface area contributed by atoms with E-state index < -0.39 is 0 Å². The van der Waals surface area contributed by atoms with Crippen molar-refractivity contribution in [3.8, 4) is 0 Å². The third-order valence-corrected chi connectivity index (χ3v) is 4.08. The summed E-state index contributed by atoms with van der Waals surface area (Å²) in [5.74, 6) is 1.07. The SMILES string of the molecule is Cc1cc(NC(=O)CN2CCO[C@H](CCc3ccccc3)C2)no1. The Labute approximate surface area is 141 Å². The molecule has 1 saturated heterocycles. The Hall–Kier alpha value is -2.18. The molecule has 0 saturated carbocycles. The number of aromatic nitrogens is 1. The standard InChI is InChI=1S/C18H23N3O3/c1-14-11-17(20-24-14)19-18(22)13-21-9-10-23-16(12-21)8-7-15-5-3-2-4-6-15/h2-6,11,16H,7-10,12-13H2,1H3,(H,19,20,22)/t16-/m1/s1. The van der Waals surface area contributed by atoms with Crippen LogP contribution < -0.4 is 5.32 Å². The summed E-state index contributed by atoms with van der Waals surface area (Å²) in [6, 6.07) is 12.1. The number of hydrogen-bond acceptors (Lipinski definition) is 5. The molecule has 1 N–H and O–H groups in total. The Bertz CT molecular complexity index is 657. The monoisotopic (exact) mass is 329 g/mol. The lowest BCUT2D eigenvalue weighted by Crippen LogP contribution is -2.45. The zero-order chi connectivity index (χ0) is 16.8. The molecular weight excluding hydrogens is 306 g/mol. The smallest absolute Gasteiger partial charge is 0.239 e. The Morgan fingerprint density at radius 3 is 2.96 bits per heavy atom. The lowest BCUT2D eigenvalue weighted by atomic mass is 10.1. The van der Waals surface area contributed by atoms with Gasteiger partial charge in [0.15, 0.2) is 5.82 Å². The van der Waals surface area contributed by atoms with E-state index in [1.165, 1.54) is 5.56 Å². The number of carbonyl (C=O) groups is 1. The Balaban J connectivity index is 1.44. The van der Waals surface area contributed by atoms with Gasteiger partial charge in [-0.3, -0.25) is 9.69 Å². The molecule has 24 heavy (non-hydrogen) atoms. The van der Waals surface area contributed by atoms with Gasteiger partial charge in [0, 0.05) is 19.2 Å². The lowest BCUT2D eigenvalue weighted by Gasteiger charge is -2.32. The maximum Gasteiger partial charge on any atom is 0.239 e. The largest absolute Gasteiger partial charge is 0.376 e. The molecule has 0 aliphatic carbocycles. The summed E-state index contributed by atoms with van der Waals surface area (Å²) in [6.07, 6.45) is 2.12. The fraction of sp³-hybridized carbons (Fsp3) is 0.444. The van der Waals surface area contributed by atoms with Crippen LogP contribution in [0.2, 0.25) is 0 Å². The first-order valence-corrected chi connectivity index (χ1v) is 8.30. The van der Waals surface area contributed by atoms with Crippen molar-refractivity contribution in [2.45, 2.75) is 25.9 Å². The summed E-state index contributed by atoms with van der Waals surface area (Å²) in [4.78, 5) is 14.2. The highest BCUT2D eigenvalue weighted by atomic mass is 16.5. The highest BCUT2D eigenvalue weighted by molar-refractivity contribution is 5.91. The number of anilines is 1. The zero-order valence-electron chi connectivity index (χ0n) is 13.9. The van der Waals surface area contributed by atoms with Crippen molar-refractivity contribution < 1.29 is 14.1 Å². The summed E-state index contributed by atoms with van der Waals surface area (Å²) in [7, 11) is 0. The van der Waals surface area contributed by atoms with Crippen LogP contribution in [0.25, 0.3) is 0 Å². The average Bonchev–Trinajstić information content (AvgIpc) is 2.99. The third-order valence-electron chi connectivity index (χ3n) is 4.08. The number of nitrogens with zero attached hydrogens (tertiary/aromatic N) is 2. The van der Waals surface area contributed by atoms with Crippen molar-refractivity contribution in [1.29, 1.82) is 0 Å². The van der Waals surface area contributed by atoms with E-state index >= 15 is 0 Å². The van der Waals surface area contributed by atoms with Crippen LogP contribution in [0, 0.1) is 6.92 Å². The van der Waals surface area contributed by atoms with E-state index in [9.17, 15) is 4.79 Å². The van der Waals surface area contributed by atoms with Crippen LogP contribution in [0.3, 0.4) is 0 Å². The summed E-state index contributed by atoms with van der Waals surface area (Å²) in [5, 5.41) is 6.53. The fourth-order valence-electron chi connectivity index (χ4n) is 2.88. The molecule has 128 valence electrons. The van der Waals surface area contributed by atoms with Crippen LogP contribution in [0.1, 0.15) is 17.7 Å². The van der Waals surface area contributed by atoms with Gasteiger partial charge < -0.3 is 14.6 Å². The minimum Gasteiger partial charge on any atom is -0.376 e. The molecule has 1 aliphatic heterocycles. The number of benzene rings is 1. The van der Waals surface area contributed by atoms with Crippen LogP contribution >= 0.6 is 0 Å². The van der Waals surface area contributed by atoms with E-state index in [-0.39, 0.29) is 12.0 Å². The summed E-state index contributed by atoms with van der Waals surface area (Å²) in [6.45, 7) is 4.35. The lowest BCUT2D eigenvalue weighted by molar-refractivity contribution is -0.119. The molecule has 1 atom stereocenters. The molecule has 3 rings (SSSR count). The molecular formula is C18H23N3O3. The van der Waals surface area contributed by atoms with Crippen molar-refractivity contribution in [2.75, 3.05) is 31.6 Å². The maximum absolute atomic E-state index is 12.1. The normalized spacial score (nSPS) is 18.5. The highest BCUT2D eigenvalue weighted by Crippen LogP contribution is 2.13. The minimum atomic E-state index is -0.0768. The van der Waals surface area contributed by atoms with Crippen molar-refractivity contribution in [1.82, 2.24) is 10.1 Å². The summed E-state index contributed by atoms with van der Waals surface area (Å²) < 4.78 is 10.8. The van der Waals surface area contributed by atoms with Gasteiger partial charge in [0.2, 0.25) is 5.91 Å². The molecule has 6 heteroatoms. The first-order chi connectivity index (χ1) is 11.7. The van der Waals surface area contributed by atoms with Gasteiger partial charge in [-0.15, -0.1) is 0 Å². The number of nitrogens with one attached hydrogen (secondary N) is 1. The molecule has 0 bridgehead atoms. The summed E-state index contributed by atoms with van der Waals surface area (Å²) >= 11 is 0. The van der Waals surface area contributed by atoms with E-state index in [1.807, 2.05) is 6.07 Å². The van der Waals surface area contributed by atoms with E-state index in [1.54, 1.807) is 13.0 Å². The Kier molecular flexibility index (Phi) is 5.61. The van der Waals surface area contributed by atoms with Crippen LogP contribution in [0.15, 0.2) is 40.9 Å². The number of aryl methyl sites for hydroxylation is 2. The molecule has 0 unspecified atom stereocenters. The van der Waals surface area contributed by atoms with Crippen LogP contribution in [-0.4, -0.2) is 48.3 Å².